The summed E-state index contributed by atoms with van der Waals surface area (Å²) in [5.74, 6) is 0. The second-order valence-corrected chi connectivity index (χ2v) is 6.29. The minimum absolute atomic E-state index is 0.625. The van der Waals surface area contributed by atoms with Crippen LogP contribution in [0.5, 0.6) is 0 Å². The number of aliphatic imine (C=N–C) groups is 1. The standard InChI is InChI=1S/C18H21Cl2N3/c1-5-22(3)12-21-17-9-13(2)18(11-16(17)20)23(4)15-8-6-7-14(19)10-15/h6-12H,5H2,1-4H3. The Balaban J connectivity index is 2.34. The van der Waals surface area contributed by atoms with Crippen molar-refractivity contribution >= 4 is 46.6 Å². The molecule has 2 aromatic rings. The molecule has 0 bridgehead atoms. The zero-order valence-corrected chi connectivity index (χ0v) is 15.4. The van der Waals surface area contributed by atoms with Gasteiger partial charge in [-0.25, -0.2) is 4.99 Å². The molecule has 2 rings (SSSR count). The number of nitrogens with zero attached hydrogens (tertiary/aromatic N) is 3. The lowest BCUT2D eigenvalue weighted by Crippen LogP contribution is -2.14. The summed E-state index contributed by atoms with van der Waals surface area (Å²) < 4.78 is 0. The summed E-state index contributed by atoms with van der Waals surface area (Å²) >= 11 is 12.5. The van der Waals surface area contributed by atoms with Crippen molar-refractivity contribution in [3.8, 4) is 0 Å². The average Bonchev–Trinajstić information content (AvgIpc) is 2.54. The maximum Gasteiger partial charge on any atom is 0.0910 e. The van der Waals surface area contributed by atoms with E-state index in [-0.39, 0.29) is 0 Å². The Bertz CT molecular complexity index is 713. The Morgan fingerprint density at radius 3 is 2.52 bits per heavy atom. The van der Waals surface area contributed by atoms with E-state index in [1.165, 1.54) is 0 Å². The molecule has 2 aromatic carbocycles. The first-order valence-corrected chi connectivity index (χ1v) is 8.21. The zero-order valence-electron chi connectivity index (χ0n) is 13.8. The molecule has 0 aromatic heterocycles. The first-order chi connectivity index (χ1) is 10.9. The van der Waals surface area contributed by atoms with Crippen molar-refractivity contribution in [1.29, 1.82) is 0 Å². The van der Waals surface area contributed by atoms with Crippen molar-refractivity contribution in [2.75, 3.05) is 25.5 Å². The van der Waals surface area contributed by atoms with Crippen LogP contribution in [0.3, 0.4) is 0 Å². The van der Waals surface area contributed by atoms with E-state index in [9.17, 15) is 0 Å². The van der Waals surface area contributed by atoms with Crippen molar-refractivity contribution in [1.82, 2.24) is 4.90 Å². The minimum atomic E-state index is 0.625. The summed E-state index contributed by atoms with van der Waals surface area (Å²) in [4.78, 5) is 8.52. The van der Waals surface area contributed by atoms with E-state index >= 15 is 0 Å². The Morgan fingerprint density at radius 1 is 1.13 bits per heavy atom. The SMILES string of the molecule is CCN(C)C=Nc1cc(C)c(N(C)c2cccc(Cl)c2)cc1Cl. The molecule has 23 heavy (non-hydrogen) atoms. The molecule has 0 spiro atoms. The molecule has 0 saturated carbocycles. The summed E-state index contributed by atoms with van der Waals surface area (Å²) in [7, 11) is 3.98. The van der Waals surface area contributed by atoms with Crippen molar-refractivity contribution < 1.29 is 0 Å². The van der Waals surface area contributed by atoms with Crippen LogP contribution in [-0.4, -0.2) is 31.9 Å². The van der Waals surface area contributed by atoms with Gasteiger partial charge in [0.25, 0.3) is 0 Å². The van der Waals surface area contributed by atoms with Crippen LogP contribution in [0.25, 0.3) is 0 Å². The van der Waals surface area contributed by atoms with Gasteiger partial charge in [0.2, 0.25) is 0 Å². The molecule has 0 unspecified atom stereocenters. The molecule has 122 valence electrons. The largest absolute Gasteiger partial charge is 0.366 e. The first kappa shape index (κ1) is 17.6. The van der Waals surface area contributed by atoms with Crippen LogP contribution in [0.15, 0.2) is 41.4 Å². The maximum atomic E-state index is 6.41. The van der Waals surface area contributed by atoms with E-state index in [1.54, 1.807) is 6.34 Å². The van der Waals surface area contributed by atoms with Gasteiger partial charge in [0.1, 0.15) is 0 Å². The van der Waals surface area contributed by atoms with Gasteiger partial charge in [-0.15, -0.1) is 0 Å². The summed E-state index contributed by atoms with van der Waals surface area (Å²) in [5.41, 5.74) is 3.91. The van der Waals surface area contributed by atoms with Crippen molar-refractivity contribution in [2.24, 2.45) is 4.99 Å². The Morgan fingerprint density at radius 2 is 1.87 bits per heavy atom. The van der Waals surface area contributed by atoms with Gasteiger partial charge in [0, 0.05) is 37.0 Å². The second-order valence-electron chi connectivity index (χ2n) is 5.45. The Hall–Kier alpha value is -1.71. The van der Waals surface area contributed by atoms with Gasteiger partial charge in [-0.3, -0.25) is 0 Å². The number of hydrogen-bond acceptors (Lipinski definition) is 2. The van der Waals surface area contributed by atoms with Crippen LogP contribution in [0.4, 0.5) is 17.1 Å². The van der Waals surface area contributed by atoms with Crippen LogP contribution in [0.1, 0.15) is 12.5 Å². The molecule has 0 heterocycles. The number of halogens is 2. The van der Waals surface area contributed by atoms with Crippen LogP contribution >= 0.6 is 23.2 Å². The number of benzene rings is 2. The van der Waals surface area contributed by atoms with Crippen molar-refractivity contribution in [3.05, 3.63) is 52.0 Å². The predicted molar refractivity (Wildman–Crippen MR) is 102 cm³/mol. The zero-order chi connectivity index (χ0) is 17.0. The average molecular weight is 350 g/mol. The molecule has 0 aliphatic rings. The fraction of sp³-hybridized carbons (Fsp3) is 0.278. The summed E-state index contributed by atoms with van der Waals surface area (Å²) in [6, 6.07) is 11.7. The molecule has 0 aliphatic carbocycles. The minimum Gasteiger partial charge on any atom is -0.366 e. The fourth-order valence-corrected chi connectivity index (χ4v) is 2.57. The highest BCUT2D eigenvalue weighted by Crippen LogP contribution is 2.35. The Kier molecular flexibility index (Phi) is 5.91. The molecule has 5 heteroatoms. The van der Waals surface area contributed by atoms with E-state index in [0.29, 0.717) is 10.0 Å². The topological polar surface area (TPSA) is 18.8 Å². The molecule has 0 radical (unpaired) electrons. The van der Waals surface area contributed by atoms with Crippen LogP contribution in [0, 0.1) is 6.92 Å². The molecule has 0 amide bonds. The van der Waals surface area contributed by atoms with Crippen molar-refractivity contribution in [3.63, 3.8) is 0 Å². The third kappa shape index (κ3) is 4.40. The summed E-state index contributed by atoms with van der Waals surface area (Å²) in [6.45, 7) is 5.02. The molecular weight excluding hydrogens is 329 g/mol. The highest BCUT2D eigenvalue weighted by atomic mass is 35.5. The van der Waals surface area contributed by atoms with E-state index < -0.39 is 0 Å². The van der Waals surface area contributed by atoms with Crippen LogP contribution in [0.2, 0.25) is 10.0 Å². The van der Waals surface area contributed by atoms with Gasteiger partial charge in [-0.2, -0.15) is 0 Å². The monoisotopic (exact) mass is 349 g/mol. The third-order valence-electron chi connectivity index (χ3n) is 3.71. The number of anilines is 2. The second kappa shape index (κ2) is 7.71. The Labute approximate surface area is 148 Å². The summed E-state index contributed by atoms with van der Waals surface area (Å²) in [5, 5.41) is 1.34. The molecule has 0 atom stereocenters. The molecule has 3 nitrogen and oxygen atoms in total. The van der Waals surface area contributed by atoms with Gasteiger partial charge in [-0.1, -0.05) is 29.3 Å². The molecule has 0 N–H and O–H groups in total. The molecule has 0 fully saturated rings. The quantitative estimate of drug-likeness (QED) is 0.510. The van der Waals surface area contributed by atoms with Gasteiger partial charge >= 0.3 is 0 Å². The highest BCUT2D eigenvalue weighted by molar-refractivity contribution is 6.33. The molecule has 0 aliphatic heterocycles. The van der Waals surface area contributed by atoms with Gasteiger partial charge < -0.3 is 9.80 Å². The van der Waals surface area contributed by atoms with E-state index in [0.717, 1.165) is 29.2 Å². The normalized spacial score (nSPS) is 11.0. The van der Waals surface area contributed by atoms with Crippen LogP contribution in [-0.2, 0) is 0 Å². The lowest BCUT2D eigenvalue weighted by Gasteiger charge is -2.22. The lowest BCUT2D eigenvalue weighted by molar-refractivity contribution is 0.552. The number of rotatable bonds is 5. The fourth-order valence-electron chi connectivity index (χ4n) is 2.18. The maximum absolute atomic E-state index is 6.41. The van der Waals surface area contributed by atoms with Gasteiger partial charge in [0.05, 0.1) is 17.0 Å². The van der Waals surface area contributed by atoms with Gasteiger partial charge in [-0.05, 0) is 49.7 Å². The van der Waals surface area contributed by atoms with Gasteiger partial charge in [0.15, 0.2) is 0 Å². The van der Waals surface area contributed by atoms with E-state index in [4.69, 9.17) is 23.2 Å². The van der Waals surface area contributed by atoms with Crippen LogP contribution < -0.4 is 4.90 Å². The van der Waals surface area contributed by atoms with E-state index in [1.807, 2.05) is 55.4 Å². The lowest BCUT2D eigenvalue weighted by atomic mass is 10.1. The highest BCUT2D eigenvalue weighted by Gasteiger charge is 2.11. The van der Waals surface area contributed by atoms with Crippen molar-refractivity contribution in [2.45, 2.75) is 13.8 Å². The summed E-state index contributed by atoms with van der Waals surface area (Å²) in [6.07, 6.45) is 1.79. The van der Waals surface area contributed by atoms with E-state index in [2.05, 4.69) is 23.7 Å². The molecule has 0 saturated heterocycles. The number of hydrogen-bond donors (Lipinski definition) is 0. The molecular formula is C18H21Cl2N3. The number of aryl methyl sites for hydroxylation is 1. The first-order valence-electron chi connectivity index (χ1n) is 7.46. The predicted octanol–water partition coefficient (Wildman–Crippen LogP) is 5.68. The third-order valence-corrected chi connectivity index (χ3v) is 4.25. The smallest absolute Gasteiger partial charge is 0.0910 e.